The Kier molecular flexibility index (Phi) is 5.68. The molecule has 20 heavy (non-hydrogen) atoms. The number of nitrogens with one attached hydrogen (secondary N) is 2. The number of benzene rings is 1. The van der Waals surface area contributed by atoms with Gasteiger partial charge in [-0.3, -0.25) is 4.79 Å². The maximum absolute atomic E-state index is 11.7. The van der Waals surface area contributed by atoms with Crippen LogP contribution in [0.3, 0.4) is 0 Å². The highest BCUT2D eigenvalue weighted by atomic mass is 35.5. The van der Waals surface area contributed by atoms with Gasteiger partial charge in [0.15, 0.2) is 0 Å². The molecule has 1 unspecified atom stereocenters. The number of hydrogen-bond acceptors (Lipinski definition) is 3. The van der Waals surface area contributed by atoms with Crippen LogP contribution in [0.5, 0.6) is 5.75 Å². The summed E-state index contributed by atoms with van der Waals surface area (Å²) in [5.74, 6) is 0.905. The van der Waals surface area contributed by atoms with Crippen molar-refractivity contribution in [3.63, 3.8) is 0 Å². The van der Waals surface area contributed by atoms with E-state index in [9.17, 15) is 4.79 Å². The number of rotatable bonds is 6. The molecule has 0 aromatic heterocycles. The van der Waals surface area contributed by atoms with Gasteiger partial charge in [-0.05, 0) is 50.1 Å². The lowest BCUT2D eigenvalue weighted by Gasteiger charge is -2.11. The molecule has 0 saturated carbocycles. The monoisotopic (exact) mass is 296 g/mol. The Labute approximate surface area is 124 Å². The predicted molar refractivity (Wildman–Crippen MR) is 80.3 cm³/mol. The Morgan fingerprint density at radius 3 is 3.10 bits per heavy atom. The van der Waals surface area contributed by atoms with E-state index in [1.54, 1.807) is 0 Å². The SMILES string of the molecule is Cc1cc(OCCCC(=O)NC2CCNC2)ccc1Cl. The first-order valence-electron chi connectivity index (χ1n) is 7.04. The first-order chi connectivity index (χ1) is 9.65. The minimum atomic E-state index is 0.106. The van der Waals surface area contributed by atoms with Crippen molar-refractivity contribution in [2.45, 2.75) is 32.2 Å². The fourth-order valence-electron chi connectivity index (χ4n) is 2.21. The minimum absolute atomic E-state index is 0.106. The highest BCUT2D eigenvalue weighted by Gasteiger charge is 2.16. The first kappa shape index (κ1) is 15.1. The molecule has 0 radical (unpaired) electrons. The molecule has 1 fully saturated rings. The molecule has 2 N–H and O–H groups in total. The van der Waals surface area contributed by atoms with Crippen LogP contribution in [0.2, 0.25) is 5.02 Å². The molecule has 1 saturated heterocycles. The van der Waals surface area contributed by atoms with Crippen molar-refractivity contribution < 1.29 is 9.53 Å². The third-order valence-electron chi connectivity index (χ3n) is 3.37. The number of carbonyl (C=O) groups is 1. The van der Waals surface area contributed by atoms with E-state index in [4.69, 9.17) is 16.3 Å². The summed E-state index contributed by atoms with van der Waals surface area (Å²) in [5, 5.41) is 6.98. The molecule has 4 nitrogen and oxygen atoms in total. The van der Waals surface area contributed by atoms with Crippen LogP contribution < -0.4 is 15.4 Å². The quantitative estimate of drug-likeness (QED) is 0.792. The molecular formula is C15H21ClN2O2. The summed E-state index contributed by atoms with van der Waals surface area (Å²) in [6.07, 6.45) is 2.24. The van der Waals surface area contributed by atoms with Gasteiger partial charge in [0.2, 0.25) is 5.91 Å². The number of halogens is 1. The van der Waals surface area contributed by atoms with Crippen molar-refractivity contribution >= 4 is 17.5 Å². The lowest BCUT2D eigenvalue weighted by molar-refractivity contribution is -0.121. The Bertz CT molecular complexity index is 459. The van der Waals surface area contributed by atoms with E-state index in [1.165, 1.54) is 0 Å². The topological polar surface area (TPSA) is 50.4 Å². The van der Waals surface area contributed by atoms with Crippen LogP contribution in [0.25, 0.3) is 0 Å². The lowest BCUT2D eigenvalue weighted by atomic mass is 10.2. The molecule has 1 aromatic carbocycles. The summed E-state index contributed by atoms with van der Waals surface area (Å²) in [4.78, 5) is 11.7. The van der Waals surface area contributed by atoms with Crippen LogP contribution >= 0.6 is 11.6 Å². The standard InChI is InChI=1S/C15H21ClN2O2/c1-11-9-13(4-5-14(11)16)20-8-2-3-15(19)18-12-6-7-17-10-12/h4-5,9,12,17H,2-3,6-8,10H2,1H3,(H,18,19). The number of carbonyl (C=O) groups excluding carboxylic acids is 1. The van der Waals surface area contributed by atoms with Crippen LogP contribution in [-0.2, 0) is 4.79 Å². The molecule has 1 heterocycles. The van der Waals surface area contributed by atoms with E-state index < -0.39 is 0 Å². The zero-order valence-corrected chi connectivity index (χ0v) is 12.5. The van der Waals surface area contributed by atoms with E-state index in [1.807, 2.05) is 25.1 Å². The van der Waals surface area contributed by atoms with Gasteiger partial charge in [0.05, 0.1) is 6.61 Å². The van der Waals surface area contributed by atoms with Gasteiger partial charge in [0.25, 0.3) is 0 Å². The zero-order valence-electron chi connectivity index (χ0n) is 11.7. The molecule has 1 aliphatic rings. The molecule has 0 spiro atoms. The summed E-state index contributed by atoms with van der Waals surface area (Å²) in [7, 11) is 0. The van der Waals surface area contributed by atoms with Crippen molar-refractivity contribution in [1.29, 1.82) is 0 Å². The Balaban J connectivity index is 1.63. The lowest BCUT2D eigenvalue weighted by Crippen LogP contribution is -2.36. The second kappa shape index (κ2) is 7.50. The van der Waals surface area contributed by atoms with Crippen molar-refractivity contribution in [3.8, 4) is 5.75 Å². The highest BCUT2D eigenvalue weighted by Crippen LogP contribution is 2.21. The molecule has 0 aliphatic carbocycles. The van der Waals surface area contributed by atoms with Gasteiger partial charge in [0.1, 0.15) is 5.75 Å². The highest BCUT2D eigenvalue weighted by molar-refractivity contribution is 6.31. The van der Waals surface area contributed by atoms with Crippen LogP contribution in [-0.4, -0.2) is 31.6 Å². The average Bonchev–Trinajstić information content (AvgIpc) is 2.91. The second-order valence-electron chi connectivity index (χ2n) is 5.12. The molecule has 5 heteroatoms. The summed E-state index contributed by atoms with van der Waals surface area (Å²) in [6, 6.07) is 5.88. The Hall–Kier alpha value is -1.26. The van der Waals surface area contributed by atoms with Crippen molar-refractivity contribution in [2.24, 2.45) is 0 Å². The first-order valence-corrected chi connectivity index (χ1v) is 7.42. The maximum Gasteiger partial charge on any atom is 0.220 e. The van der Waals surface area contributed by atoms with Gasteiger partial charge in [-0.2, -0.15) is 0 Å². The molecule has 1 atom stereocenters. The maximum atomic E-state index is 11.7. The molecular weight excluding hydrogens is 276 g/mol. The molecule has 110 valence electrons. The van der Waals surface area contributed by atoms with Crippen molar-refractivity contribution in [1.82, 2.24) is 10.6 Å². The van der Waals surface area contributed by atoms with Gasteiger partial charge in [-0.25, -0.2) is 0 Å². The van der Waals surface area contributed by atoms with E-state index >= 15 is 0 Å². The summed E-state index contributed by atoms with van der Waals surface area (Å²) >= 11 is 5.95. The summed E-state index contributed by atoms with van der Waals surface area (Å²) in [6.45, 7) is 4.35. The summed E-state index contributed by atoms with van der Waals surface area (Å²) < 4.78 is 5.61. The molecule has 1 aromatic rings. The molecule has 1 aliphatic heterocycles. The van der Waals surface area contributed by atoms with Crippen LogP contribution in [0.4, 0.5) is 0 Å². The minimum Gasteiger partial charge on any atom is -0.494 e. The fraction of sp³-hybridized carbons (Fsp3) is 0.533. The van der Waals surface area contributed by atoms with Crippen LogP contribution in [0.1, 0.15) is 24.8 Å². The predicted octanol–water partition coefficient (Wildman–Crippen LogP) is 2.29. The van der Waals surface area contributed by atoms with Gasteiger partial charge in [0, 0.05) is 24.0 Å². The van der Waals surface area contributed by atoms with Gasteiger partial charge in [-0.1, -0.05) is 11.6 Å². The molecule has 0 bridgehead atoms. The summed E-state index contributed by atoms with van der Waals surface area (Å²) in [5.41, 5.74) is 0.996. The van der Waals surface area contributed by atoms with Crippen LogP contribution in [0, 0.1) is 6.92 Å². The Morgan fingerprint density at radius 1 is 1.55 bits per heavy atom. The Morgan fingerprint density at radius 2 is 2.40 bits per heavy atom. The third-order valence-corrected chi connectivity index (χ3v) is 3.80. The van der Waals surface area contributed by atoms with E-state index in [-0.39, 0.29) is 5.91 Å². The second-order valence-corrected chi connectivity index (χ2v) is 5.53. The van der Waals surface area contributed by atoms with Crippen molar-refractivity contribution in [3.05, 3.63) is 28.8 Å². The average molecular weight is 297 g/mol. The van der Waals surface area contributed by atoms with E-state index in [0.29, 0.717) is 25.5 Å². The van der Waals surface area contributed by atoms with Crippen molar-refractivity contribution in [2.75, 3.05) is 19.7 Å². The number of amides is 1. The van der Waals surface area contributed by atoms with Gasteiger partial charge in [-0.15, -0.1) is 0 Å². The van der Waals surface area contributed by atoms with E-state index in [2.05, 4.69) is 10.6 Å². The fourth-order valence-corrected chi connectivity index (χ4v) is 2.32. The number of aryl methyl sites for hydroxylation is 1. The largest absolute Gasteiger partial charge is 0.494 e. The number of hydrogen-bond donors (Lipinski definition) is 2. The zero-order chi connectivity index (χ0) is 14.4. The molecule has 1 amide bonds. The van der Waals surface area contributed by atoms with Gasteiger partial charge < -0.3 is 15.4 Å². The van der Waals surface area contributed by atoms with Crippen LogP contribution in [0.15, 0.2) is 18.2 Å². The van der Waals surface area contributed by atoms with Gasteiger partial charge >= 0.3 is 0 Å². The smallest absolute Gasteiger partial charge is 0.220 e. The normalized spacial score (nSPS) is 18.0. The molecule has 2 rings (SSSR count). The third kappa shape index (κ3) is 4.69. The van der Waals surface area contributed by atoms with E-state index in [0.717, 1.165) is 35.8 Å². The number of ether oxygens (including phenoxy) is 1.